The number of aliphatic hydroxyl groups excluding tert-OH is 1. The van der Waals surface area contributed by atoms with Gasteiger partial charge in [0, 0.05) is 25.8 Å². The van der Waals surface area contributed by atoms with Crippen LogP contribution in [0.2, 0.25) is 0 Å². The molecule has 1 amide bonds. The van der Waals surface area contributed by atoms with Gasteiger partial charge in [-0.05, 0) is 38.5 Å². The van der Waals surface area contributed by atoms with Crippen LogP contribution in [-0.4, -0.2) is 47.8 Å². The first-order chi connectivity index (χ1) is 8.77. The van der Waals surface area contributed by atoms with Crippen molar-refractivity contribution in [3.63, 3.8) is 0 Å². The lowest BCUT2D eigenvalue weighted by Crippen LogP contribution is -2.48. The summed E-state index contributed by atoms with van der Waals surface area (Å²) in [5.74, 6) is 0.312. The van der Waals surface area contributed by atoms with E-state index in [4.69, 9.17) is 9.84 Å². The first-order valence-corrected chi connectivity index (χ1v) is 7.30. The molecule has 3 atom stereocenters. The van der Waals surface area contributed by atoms with Gasteiger partial charge < -0.3 is 14.7 Å². The summed E-state index contributed by atoms with van der Waals surface area (Å²) in [7, 11) is 0. The maximum atomic E-state index is 12.6. The van der Waals surface area contributed by atoms with Crippen molar-refractivity contribution in [2.24, 2.45) is 5.92 Å². The maximum Gasteiger partial charge on any atom is 0.228 e. The molecule has 104 valence electrons. The summed E-state index contributed by atoms with van der Waals surface area (Å²) in [6.07, 6.45) is 5.90. The van der Waals surface area contributed by atoms with E-state index in [1.54, 1.807) is 0 Å². The molecule has 2 saturated heterocycles. The number of piperidine rings is 1. The molecule has 18 heavy (non-hydrogen) atoms. The molecular formula is C14H25NO3. The van der Waals surface area contributed by atoms with Gasteiger partial charge in [0.25, 0.3) is 0 Å². The Kier molecular flexibility index (Phi) is 5.01. The third-order valence-corrected chi connectivity index (χ3v) is 4.30. The van der Waals surface area contributed by atoms with Gasteiger partial charge in [0.2, 0.25) is 5.91 Å². The minimum atomic E-state index is 0.0503. The van der Waals surface area contributed by atoms with Gasteiger partial charge in [-0.25, -0.2) is 0 Å². The Bertz CT molecular complexity index is 280. The van der Waals surface area contributed by atoms with E-state index >= 15 is 0 Å². The molecule has 4 nitrogen and oxygen atoms in total. The highest BCUT2D eigenvalue weighted by atomic mass is 16.5. The number of hydrogen-bond acceptors (Lipinski definition) is 3. The standard InChI is InChI=1S/C14H25NO3/c1-2-13-12(7-10-18-13)14(17)15-8-4-3-5-11(15)6-9-16/h11-13,16H,2-10H2,1H3. The van der Waals surface area contributed by atoms with Crippen molar-refractivity contribution in [3.8, 4) is 0 Å². The van der Waals surface area contributed by atoms with Crippen molar-refractivity contribution in [1.29, 1.82) is 0 Å². The van der Waals surface area contributed by atoms with E-state index in [0.717, 1.165) is 38.6 Å². The van der Waals surface area contributed by atoms with Crippen molar-refractivity contribution in [1.82, 2.24) is 4.90 Å². The second kappa shape index (κ2) is 6.53. The van der Waals surface area contributed by atoms with E-state index in [1.807, 2.05) is 4.90 Å². The summed E-state index contributed by atoms with van der Waals surface area (Å²) < 4.78 is 5.63. The molecule has 0 bridgehead atoms. The summed E-state index contributed by atoms with van der Waals surface area (Å²) in [5.41, 5.74) is 0. The second-order valence-corrected chi connectivity index (χ2v) is 5.41. The predicted octanol–water partition coefficient (Wildman–Crippen LogP) is 1.56. The molecule has 0 saturated carbocycles. The quantitative estimate of drug-likeness (QED) is 0.829. The largest absolute Gasteiger partial charge is 0.396 e. The number of carbonyl (C=O) groups excluding carboxylic acids is 1. The van der Waals surface area contributed by atoms with Crippen LogP contribution >= 0.6 is 0 Å². The van der Waals surface area contributed by atoms with Crippen LogP contribution in [0.4, 0.5) is 0 Å². The lowest BCUT2D eigenvalue weighted by atomic mass is 9.93. The van der Waals surface area contributed by atoms with Gasteiger partial charge in [0.05, 0.1) is 12.0 Å². The highest BCUT2D eigenvalue weighted by Crippen LogP contribution is 2.29. The molecule has 2 fully saturated rings. The fourth-order valence-corrected chi connectivity index (χ4v) is 3.29. The van der Waals surface area contributed by atoms with E-state index in [-0.39, 0.29) is 30.6 Å². The molecule has 1 N–H and O–H groups in total. The van der Waals surface area contributed by atoms with Crippen LogP contribution in [0.5, 0.6) is 0 Å². The van der Waals surface area contributed by atoms with Crippen LogP contribution in [0.25, 0.3) is 0 Å². The van der Waals surface area contributed by atoms with Gasteiger partial charge >= 0.3 is 0 Å². The Morgan fingerprint density at radius 2 is 2.22 bits per heavy atom. The number of likely N-dealkylation sites (tertiary alicyclic amines) is 1. The van der Waals surface area contributed by atoms with E-state index in [0.29, 0.717) is 6.61 Å². The molecule has 0 aromatic carbocycles. The van der Waals surface area contributed by atoms with E-state index in [9.17, 15) is 4.79 Å². The predicted molar refractivity (Wildman–Crippen MR) is 69.2 cm³/mol. The summed E-state index contributed by atoms with van der Waals surface area (Å²) in [4.78, 5) is 14.6. The van der Waals surface area contributed by atoms with Crippen molar-refractivity contribution in [3.05, 3.63) is 0 Å². The van der Waals surface area contributed by atoms with E-state index < -0.39 is 0 Å². The number of nitrogens with zero attached hydrogens (tertiary/aromatic N) is 1. The molecule has 2 aliphatic rings. The Morgan fingerprint density at radius 3 is 2.94 bits per heavy atom. The molecule has 0 aromatic rings. The molecule has 2 rings (SSSR count). The maximum absolute atomic E-state index is 12.6. The molecule has 0 spiro atoms. The SMILES string of the molecule is CCC1OCCC1C(=O)N1CCCCC1CCO. The van der Waals surface area contributed by atoms with E-state index in [1.165, 1.54) is 6.42 Å². The third kappa shape index (κ3) is 2.86. The topological polar surface area (TPSA) is 49.8 Å². The molecule has 0 aliphatic carbocycles. The molecule has 4 heteroatoms. The number of aliphatic hydroxyl groups is 1. The normalized spacial score (nSPS) is 32.8. The Balaban J connectivity index is 2.01. The number of ether oxygens (including phenoxy) is 1. The molecule has 0 radical (unpaired) electrons. The Morgan fingerprint density at radius 1 is 1.39 bits per heavy atom. The van der Waals surface area contributed by atoms with Crippen molar-refractivity contribution in [2.75, 3.05) is 19.8 Å². The minimum absolute atomic E-state index is 0.0503. The zero-order chi connectivity index (χ0) is 13.0. The monoisotopic (exact) mass is 255 g/mol. The smallest absolute Gasteiger partial charge is 0.228 e. The first kappa shape index (κ1) is 13.8. The summed E-state index contributed by atoms with van der Waals surface area (Å²) in [6, 6.07) is 0.245. The molecule has 0 aromatic heterocycles. The van der Waals surface area contributed by atoms with Crippen LogP contribution in [0.1, 0.15) is 45.4 Å². The second-order valence-electron chi connectivity index (χ2n) is 5.41. The highest BCUT2D eigenvalue weighted by molar-refractivity contribution is 5.80. The van der Waals surface area contributed by atoms with E-state index in [2.05, 4.69) is 6.92 Å². The number of amides is 1. The zero-order valence-electron chi connectivity index (χ0n) is 11.3. The van der Waals surface area contributed by atoms with Gasteiger partial charge in [0.1, 0.15) is 0 Å². The van der Waals surface area contributed by atoms with Crippen LogP contribution in [-0.2, 0) is 9.53 Å². The number of rotatable bonds is 4. The molecule has 2 aliphatic heterocycles. The first-order valence-electron chi connectivity index (χ1n) is 7.30. The fourth-order valence-electron chi connectivity index (χ4n) is 3.29. The van der Waals surface area contributed by atoms with Crippen molar-refractivity contribution >= 4 is 5.91 Å². The van der Waals surface area contributed by atoms with Crippen LogP contribution in [0.3, 0.4) is 0 Å². The van der Waals surface area contributed by atoms with Crippen LogP contribution < -0.4 is 0 Å². The number of carbonyl (C=O) groups is 1. The summed E-state index contributed by atoms with van der Waals surface area (Å²) >= 11 is 0. The molecular weight excluding hydrogens is 230 g/mol. The van der Waals surface area contributed by atoms with Gasteiger partial charge in [-0.1, -0.05) is 6.92 Å². The van der Waals surface area contributed by atoms with Gasteiger partial charge in [0.15, 0.2) is 0 Å². The average molecular weight is 255 g/mol. The lowest BCUT2D eigenvalue weighted by Gasteiger charge is -2.37. The Labute approximate surface area is 109 Å². The molecule has 2 heterocycles. The highest BCUT2D eigenvalue weighted by Gasteiger charge is 2.38. The van der Waals surface area contributed by atoms with Crippen LogP contribution in [0.15, 0.2) is 0 Å². The zero-order valence-corrected chi connectivity index (χ0v) is 11.3. The van der Waals surface area contributed by atoms with Crippen LogP contribution in [0, 0.1) is 5.92 Å². The van der Waals surface area contributed by atoms with Gasteiger partial charge in [-0.15, -0.1) is 0 Å². The summed E-state index contributed by atoms with van der Waals surface area (Å²) in [5, 5.41) is 9.12. The lowest BCUT2D eigenvalue weighted by molar-refractivity contribution is -0.141. The Hall–Kier alpha value is -0.610. The fraction of sp³-hybridized carbons (Fsp3) is 0.929. The average Bonchev–Trinajstić information content (AvgIpc) is 2.87. The van der Waals surface area contributed by atoms with Gasteiger partial charge in [-0.3, -0.25) is 4.79 Å². The van der Waals surface area contributed by atoms with Crippen molar-refractivity contribution in [2.45, 2.75) is 57.6 Å². The van der Waals surface area contributed by atoms with Crippen molar-refractivity contribution < 1.29 is 14.6 Å². The minimum Gasteiger partial charge on any atom is -0.396 e. The summed E-state index contributed by atoms with van der Waals surface area (Å²) in [6.45, 7) is 3.83. The molecule has 3 unspecified atom stereocenters. The number of hydrogen-bond donors (Lipinski definition) is 1. The third-order valence-electron chi connectivity index (χ3n) is 4.30. The van der Waals surface area contributed by atoms with Gasteiger partial charge in [-0.2, -0.15) is 0 Å².